The maximum Gasteiger partial charge on any atom is 0.272 e. The molecule has 0 aliphatic carbocycles. The van der Waals surface area contributed by atoms with Crippen LogP contribution in [0.5, 0.6) is 11.5 Å². The number of carbonyl (C=O) groups is 1. The maximum atomic E-state index is 12.7. The van der Waals surface area contributed by atoms with Crippen molar-refractivity contribution in [2.45, 2.75) is 6.42 Å². The van der Waals surface area contributed by atoms with E-state index in [1.807, 2.05) is 35.2 Å². The molecule has 150 valence electrons. The summed E-state index contributed by atoms with van der Waals surface area (Å²) in [7, 11) is 5.34. The van der Waals surface area contributed by atoms with E-state index in [-0.39, 0.29) is 5.91 Å². The molecule has 1 aliphatic heterocycles. The zero-order valence-electron chi connectivity index (χ0n) is 16.8. The van der Waals surface area contributed by atoms with Crippen molar-refractivity contribution < 1.29 is 14.3 Å². The highest BCUT2D eigenvalue weighted by Gasteiger charge is 2.21. The quantitative estimate of drug-likeness (QED) is 0.789. The summed E-state index contributed by atoms with van der Waals surface area (Å²) in [6, 6.07) is 9.63. The molecule has 0 spiro atoms. The van der Waals surface area contributed by atoms with Crippen LogP contribution < -0.4 is 14.8 Å². The van der Waals surface area contributed by atoms with Crippen LogP contribution in [0, 0.1) is 0 Å². The minimum Gasteiger partial charge on any atom is -0.493 e. The second kappa shape index (κ2) is 9.41. The molecular weight excluding hydrogens is 356 g/mol. The lowest BCUT2D eigenvalue weighted by molar-refractivity contribution is 0.0658. The molecule has 0 atom stereocenters. The average Bonchev–Trinajstić information content (AvgIpc) is 2.74. The van der Waals surface area contributed by atoms with Crippen molar-refractivity contribution in [2.75, 3.05) is 59.3 Å². The Morgan fingerprint density at radius 2 is 1.82 bits per heavy atom. The molecule has 28 heavy (non-hydrogen) atoms. The summed E-state index contributed by atoms with van der Waals surface area (Å²) >= 11 is 0. The number of rotatable bonds is 7. The van der Waals surface area contributed by atoms with Gasteiger partial charge in [-0.1, -0.05) is 6.07 Å². The number of likely N-dealkylation sites (N-methyl/N-ethyl adjacent to an activating group) is 1. The first-order valence-corrected chi connectivity index (χ1v) is 9.49. The van der Waals surface area contributed by atoms with Crippen molar-refractivity contribution in [3.63, 3.8) is 0 Å². The van der Waals surface area contributed by atoms with Crippen LogP contribution in [-0.4, -0.2) is 74.7 Å². The normalized spacial score (nSPS) is 14.6. The van der Waals surface area contributed by atoms with Gasteiger partial charge in [0.05, 0.1) is 14.2 Å². The Kier molecular flexibility index (Phi) is 6.71. The number of aromatic nitrogens is 1. The Labute approximate surface area is 166 Å². The first-order chi connectivity index (χ1) is 13.6. The second-order valence-corrected chi connectivity index (χ2v) is 6.89. The summed E-state index contributed by atoms with van der Waals surface area (Å²) in [5.41, 5.74) is 2.53. The van der Waals surface area contributed by atoms with Crippen LogP contribution >= 0.6 is 0 Å². The monoisotopic (exact) mass is 384 g/mol. The molecule has 7 heteroatoms. The Balaban J connectivity index is 1.57. The summed E-state index contributed by atoms with van der Waals surface area (Å²) < 4.78 is 10.6. The third-order valence-electron chi connectivity index (χ3n) is 4.96. The van der Waals surface area contributed by atoms with Crippen molar-refractivity contribution >= 4 is 11.6 Å². The van der Waals surface area contributed by atoms with Crippen LogP contribution in [0.25, 0.3) is 0 Å². The van der Waals surface area contributed by atoms with Crippen LogP contribution in [0.4, 0.5) is 5.69 Å². The summed E-state index contributed by atoms with van der Waals surface area (Å²) in [5.74, 6) is 1.45. The van der Waals surface area contributed by atoms with E-state index in [9.17, 15) is 4.79 Å². The fourth-order valence-electron chi connectivity index (χ4n) is 3.22. The summed E-state index contributed by atoms with van der Waals surface area (Å²) in [4.78, 5) is 21.0. The highest BCUT2D eigenvalue weighted by atomic mass is 16.5. The Morgan fingerprint density at radius 1 is 1.07 bits per heavy atom. The number of anilines is 1. The molecule has 1 aromatic heterocycles. The largest absolute Gasteiger partial charge is 0.493 e. The van der Waals surface area contributed by atoms with Gasteiger partial charge in [-0.25, -0.2) is 0 Å². The minimum atomic E-state index is -0.00311. The molecular formula is C21H28N4O3. The van der Waals surface area contributed by atoms with E-state index in [4.69, 9.17) is 9.47 Å². The van der Waals surface area contributed by atoms with Gasteiger partial charge in [-0.2, -0.15) is 0 Å². The molecule has 1 amide bonds. The highest BCUT2D eigenvalue weighted by molar-refractivity contribution is 5.93. The number of pyridine rings is 1. The first-order valence-electron chi connectivity index (χ1n) is 9.49. The molecule has 0 saturated carbocycles. The van der Waals surface area contributed by atoms with E-state index in [2.05, 4.69) is 22.2 Å². The number of hydrogen-bond donors (Lipinski definition) is 1. The zero-order chi connectivity index (χ0) is 19.9. The van der Waals surface area contributed by atoms with E-state index in [0.717, 1.165) is 61.9 Å². The van der Waals surface area contributed by atoms with Gasteiger partial charge in [-0.3, -0.25) is 9.78 Å². The van der Waals surface area contributed by atoms with Crippen molar-refractivity contribution in [3.05, 3.63) is 47.8 Å². The third kappa shape index (κ3) is 4.92. The number of ether oxygens (including phenoxy) is 2. The number of nitrogens with one attached hydrogen (secondary N) is 1. The fraction of sp³-hybridized carbons (Fsp3) is 0.429. The summed E-state index contributed by atoms with van der Waals surface area (Å²) in [6.45, 7) is 4.02. The third-order valence-corrected chi connectivity index (χ3v) is 4.96. The van der Waals surface area contributed by atoms with Gasteiger partial charge in [-0.05, 0) is 43.3 Å². The van der Waals surface area contributed by atoms with E-state index >= 15 is 0 Å². The van der Waals surface area contributed by atoms with Crippen molar-refractivity contribution in [1.82, 2.24) is 14.8 Å². The number of hydrogen-bond acceptors (Lipinski definition) is 6. The molecule has 7 nitrogen and oxygen atoms in total. The summed E-state index contributed by atoms with van der Waals surface area (Å²) in [5, 5.41) is 3.37. The van der Waals surface area contributed by atoms with Gasteiger partial charge in [0.15, 0.2) is 11.5 Å². The molecule has 2 heterocycles. The van der Waals surface area contributed by atoms with Gasteiger partial charge in [0.2, 0.25) is 0 Å². The molecule has 2 aromatic rings. The second-order valence-electron chi connectivity index (χ2n) is 6.89. The number of nitrogens with zero attached hydrogens (tertiary/aromatic N) is 3. The number of benzene rings is 1. The zero-order valence-corrected chi connectivity index (χ0v) is 16.8. The minimum absolute atomic E-state index is 0.00311. The highest BCUT2D eigenvalue weighted by Crippen LogP contribution is 2.27. The molecule has 1 N–H and O–H groups in total. The molecule has 1 aliphatic rings. The van der Waals surface area contributed by atoms with Crippen molar-refractivity contribution in [2.24, 2.45) is 0 Å². The average molecular weight is 384 g/mol. The number of amides is 1. The number of carbonyl (C=O) groups excluding carboxylic acids is 1. The lowest BCUT2D eigenvalue weighted by atomic mass is 10.1. The predicted molar refractivity (Wildman–Crippen MR) is 109 cm³/mol. The van der Waals surface area contributed by atoms with Crippen molar-refractivity contribution in [3.8, 4) is 11.5 Å². The maximum absolute atomic E-state index is 12.7. The Hall–Kier alpha value is -2.80. The van der Waals surface area contributed by atoms with E-state index in [1.165, 1.54) is 0 Å². The Bertz CT molecular complexity index is 804. The van der Waals surface area contributed by atoms with E-state index in [0.29, 0.717) is 5.69 Å². The Morgan fingerprint density at radius 3 is 2.54 bits per heavy atom. The lowest BCUT2D eigenvalue weighted by Gasteiger charge is -2.32. The van der Waals surface area contributed by atoms with E-state index < -0.39 is 0 Å². The standard InChI is InChI=1S/C21H28N4O3/c1-24-10-12-25(13-11-24)21(26)18-15-17(7-9-23-18)22-8-6-16-4-5-19(27-2)20(14-16)28-3/h4-5,7,9,14-15H,6,8,10-13H2,1-3H3,(H,22,23). The van der Waals surface area contributed by atoms with Crippen LogP contribution in [0.3, 0.4) is 0 Å². The first kappa shape index (κ1) is 19.9. The topological polar surface area (TPSA) is 66.9 Å². The van der Waals surface area contributed by atoms with Gasteiger partial charge in [0.25, 0.3) is 5.91 Å². The van der Waals surface area contributed by atoms with E-state index in [1.54, 1.807) is 20.4 Å². The molecule has 0 unspecified atom stereocenters. The molecule has 0 bridgehead atoms. The molecule has 1 aromatic carbocycles. The van der Waals surface area contributed by atoms with Gasteiger partial charge in [0.1, 0.15) is 5.69 Å². The van der Waals surface area contributed by atoms with Crippen molar-refractivity contribution in [1.29, 1.82) is 0 Å². The van der Waals surface area contributed by atoms with Crippen LogP contribution in [0.2, 0.25) is 0 Å². The molecule has 3 rings (SSSR count). The van der Waals surface area contributed by atoms with Crippen LogP contribution in [-0.2, 0) is 6.42 Å². The van der Waals surface area contributed by atoms with Crippen LogP contribution in [0.1, 0.15) is 16.1 Å². The molecule has 1 fully saturated rings. The number of methoxy groups -OCH3 is 2. The SMILES string of the molecule is COc1ccc(CCNc2ccnc(C(=O)N3CCN(C)CC3)c2)cc1OC. The fourth-order valence-corrected chi connectivity index (χ4v) is 3.22. The van der Waals surface area contributed by atoms with Gasteiger partial charge in [-0.15, -0.1) is 0 Å². The van der Waals surface area contributed by atoms with Crippen LogP contribution in [0.15, 0.2) is 36.5 Å². The van der Waals surface area contributed by atoms with Gasteiger partial charge in [0, 0.05) is 44.6 Å². The number of piperazine rings is 1. The van der Waals surface area contributed by atoms with Gasteiger partial charge >= 0.3 is 0 Å². The molecule has 0 radical (unpaired) electrons. The smallest absolute Gasteiger partial charge is 0.272 e. The van der Waals surface area contributed by atoms with Gasteiger partial charge < -0.3 is 24.6 Å². The predicted octanol–water partition coefficient (Wildman–Crippen LogP) is 2.14. The summed E-state index contributed by atoms with van der Waals surface area (Å²) in [6.07, 6.45) is 2.51. The lowest BCUT2D eigenvalue weighted by Crippen LogP contribution is -2.47. The molecule has 1 saturated heterocycles.